The van der Waals surface area contributed by atoms with Crippen molar-refractivity contribution in [1.82, 2.24) is 4.90 Å². The second kappa shape index (κ2) is 6.10. The van der Waals surface area contributed by atoms with Gasteiger partial charge in [0.25, 0.3) is 5.91 Å². The molecule has 0 aliphatic carbocycles. The van der Waals surface area contributed by atoms with Crippen LogP contribution in [-0.4, -0.2) is 29.2 Å². The van der Waals surface area contributed by atoms with Gasteiger partial charge in [-0.3, -0.25) is 4.79 Å². The third kappa shape index (κ3) is 3.77. The topological polar surface area (TPSA) is 20.3 Å². The number of carbonyl (C=O) groups excluding carboxylic acids is 1. The van der Waals surface area contributed by atoms with Crippen LogP contribution in [0.3, 0.4) is 0 Å². The van der Waals surface area contributed by atoms with E-state index in [0.717, 1.165) is 18.6 Å². The van der Waals surface area contributed by atoms with Gasteiger partial charge in [-0.25, -0.2) is 8.78 Å². The minimum atomic E-state index is -0.825. The number of hydrogen-bond acceptors (Lipinski definition) is 1. The number of carbonyl (C=O) groups is 1. The Labute approximate surface area is 108 Å². The van der Waals surface area contributed by atoms with Gasteiger partial charge in [0, 0.05) is 18.4 Å². The fraction of sp³-hybridized carbons (Fsp3) is 0.417. The summed E-state index contributed by atoms with van der Waals surface area (Å²) < 4.78 is 26.7. The van der Waals surface area contributed by atoms with E-state index in [4.69, 9.17) is 0 Å². The van der Waals surface area contributed by atoms with Crippen LogP contribution in [0.25, 0.3) is 0 Å². The molecule has 1 rings (SSSR count). The normalized spacial score (nSPS) is 12.3. The van der Waals surface area contributed by atoms with Crippen molar-refractivity contribution in [2.75, 3.05) is 13.6 Å². The summed E-state index contributed by atoms with van der Waals surface area (Å²) in [5.74, 6) is -2.28. The summed E-state index contributed by atoms with van der Waals surface area (Å²) in [6.45, 7) is 2.39. The van der Waals surface area contributed by atoms with Crippen LogP contribution in [0.4, 0.5) is 8.78 Å². The average molecular weight is 306 g/mol. The zero-order valence-corrected chi connectivity index (χ0v) is 11.3. The fourth-order valence-corrected chi connectivity index (χ4v) is 1.57. The van der Waals surface area contributed by atoms with Gasteiger partial charge in [0.05, 0.1) is 0 Å². The van der Waals surface area contributed by atoms with Gasteiger partial charge >= 0.3 is 0 Å². The molecule has 0 fully saturated rings. The van der Waals surface area contributed by atoms with Gasteiger partial charge in [-0.1, -0.05) is 28.9 Å². The molecule has 0 saturated carbocycles. The van der Waals surface area contributed by atoms with E-state index in [1.807, 2.05) is 6.92 Å². The summed E-state index contributed by atoms with van der Waals surface area (Å²) in [6.07, 6.45) is 0.721. The lowest BCUT2D eigenvalue weighted by Gasteiger charge is -2.18. The number of rotatable bonds is 4. The van der Waals surface area contributed by atoms with E-state index in [2.05, 4.69) is 15.9 Å². The number of nitrogens with zero attached hydrogens (tertiary/aromatic N) is 1. The highest BCUT2D eigenvalue weighted by molar-refractivity contribution is 9.09. The summed E-state index contributed by atoms with van der Waals surface area (Å²) in [4.78, 5) is 13.4. The first kappa shape index (κ1) is 14.1. The van der Waals surface area contributed by atoms with Gasteiger partial charge < -0.3 is 4.90 Å². The monoisotopic (exact) mass is 305 g/mol. The van der Waals surface area contributed by atoms with Gasteiger partial charge in [-0.05, 0) is 18.6 Å². The zero-order valence-electron chi connectivity index (χ0n) is 9.71. The maximum absolute atomic E-state index is 13.4. The number of hydrogen-bond donors (Lipinski definition) is 0. The molecule has 17 heavy (non-hydrogen) atoms. The van der Waals surface area contributed by atoms with Gasteiger partial charge in [0.1, 0.15) is 17.2 Å². The first-order valence-corrected chi connectivity index (χ1v) is 6.18. The Morgan fingerprint density at radius 1 is 1.41 bits per heavy atom. The molecule has 1 amide bonds. The van der Waals surface area contributed by atoms with Crippen molar-refractivity contribution in [3.63, 3.8) is 0 Å². The highest BCUT2D eigenvalue weighted by Gasteiger charge is 2.20. The Morgan fingerprint density at radius 2 is 1.94 bits per heavy atom. The second-order valence-electron chi connectivity index (χ2n) is 3.89. The lowest BCUT2D eigenvalue weighted by molar-refractivity contribution is 0.0784. The average Bonchev–Trinajstić information content (AvgIpc) is 2.25. The van der Waals surface area contributed by atoms with E-state index >= 15 is 0 Å². The molecule has 0 aromatic heterocycles. The Bertz CT molecular complexity index is 389. The van der Waals surface area contributed by atoms with Crippen molar-refractivity contribution >= 4 is 21.8 Å². The molecule has 0 radical (unpaired) electrons. The van der Waals surface area contributed by atoms with Crippen molar-refractivity contribution in [2.45, 2.75) is 18.2 Å². The fourth-order valence-electron chi connectivity index (χ4n) is 1.37. The van der Waals surface area contributed by atoms with Crippen LogP contribution >= 0.6 is 15.9 Å². The maximum atomic E-state index is 13.4. The molecule has 0 N–H and O–H groups in total. The quantitative estimate of drug-likeness (QED) is 0.782. The van der Waals surface area contributed by atoms with Crippen LogP contribution in [0, 0.1) is 11.6 Å². The van der Waals surface area contributed by atoms with Crippen LogP contribution in [-0.2, 0) is 0 Å². The lowest BCUT2D eigenvalue weighted by Crippen LogP contribution is -2.30. The van der Waals surface area contributed by atoms with Crippen molar-refractivity contribution < 1.29 is 13.6 Å². The van der Waals surface area contributed by atoms with Crippen LogP contribution < -0.4 is 0 Å². The molecule has 94 valence electrons. The van der Waals surface area contributed by atoms with Crippen molar-refractivity contribution in [3.8, 4) is 0 Å². The summed E-state index contributed by atoms with van der Waals surface area (Å²) in [6, 6.07) is 3.40. The molecule has 0 saturated heterocycles. The molecule has 0 aliphatic rings. The van der Waals surface area contributed by atoms with Gasteiger partial charge in [0.15, 0.2) is 0 Å². The Balaban J connectivity index is 2.82. The van der Waals surface area contributed by atoms with Crippen LogP contribution in [0.2, 0.25) is 0 Å². The third-order valence-electron chi connectivity index (χ3n) is 2.39. The van der Waals surface area contributed by atoms with Gasteiger partial charge in [-0.2, -0.15) is 0 Å². The minimum absolute atomic E-state index is 0.253. The highest BCUT2D eigenvalue weighted by atomic mass is 79.9. The largest absolute Gasteiger partial charge is 0.341 e. The standard InChI is InChI=1S/C12H14BrF2NO/c1-8(13)6-7-16(2)12(17)11-9(14)4-3-5-10(11)15/h3-5,8H,6-7H2,1-2H3. The molecular weight excluding hydrogens is 292 g/mol. The molecule has 0 heterocycles. The van der Waals surface area contributed by atoms with E-state index in [1.165, 1.54) is 18.0 Å². The molecule has 1 aromatic carbocycles. The molecule has 0 bridgehead atoms. The van der Waals surface area contributed by atoms with Crippen molar-refractivity contribution in [1.29, 1.82) is 0 Å². The Kier molecular flexibility index (Phi) is 5.05. The molecule has 0 aliphatic heterocycles. The van der Waals surface area contributed by atoms with Crippen LogP contribution in [0.5, 0.6) is 0 Å². The van der Waals surface area contributed by atoms with Crippen LogP contribution in [0.15, 0.2) is 18.2 Å². The van der Waals surface area contributed by atoms with E-state index < -0.39 is 23.1 Å². The lowest BCUT2D eigenvalue weighted by atomic mass is 10.1. The SMILES string of the molecule is CC(Br)CCN(C)C(=O)c1c(F)cccc1F. The summed E-state index contributed by atoms with van der Waals surface area (Å²) in [5, 5.41) is 0. The van der Waals surface area contributed by atoms with Crippen molar-refractivity contribution in [2.24, 2.45) is 0 Å². The molecule has 1 aromatic rings. The number of halogens is 3. The van der Waals surface area contributed by atoms with Gasteiger partial charge in [0.2, 0.25) is 0 Å². The maximum Gasteiger partial charge on any atom is 0.259 e. The molecule has 1 atom stereocenters. The summed E-state index contributed by atoms with van der Waals surface area (Å²) in [5.41, 5.74) is -0.489. The van der Waals surface area contributed by atoms with E-state index in [1.54, 1.807) is 0 Å². The Morgan fingerprint density at radius 3 is 2.41 bits per heavy atom. The predicted octanol–water partition coefficient (Wildman–Crippen LogP) is 3.21. The van der Waals surface area contributed by atoms with E-state index in [-0.39, 0.29) is 4.83 Å². The van der Waals surface area contributed by atoms with E-state index in [0.29, 0.717) is 6.54 Å². The Hall–Kier alpha value is -0.970. The first-order chi connectivity index (χ1) is 7.93. The third-order valence-corrected chi connectivity index (χ3v) is 2.84. The molecular formula is C12H14BrF2NO. The summed E-state index contributed by atoms with van der Waals surface area (Å²) in [7, 11) is 1.53. The molecule has 1 unspecified atom stereocenters. The number of benzene rings is 1. The van der Waals surface area contributed by atoms with Gasteiger partial charge in [-0.15, -0.1) is 0 Å². The van der Waals surface area contributed by atoms with Crippen molar-refractivity contribution in [3.05, 3.63) is 35.4 Å². The first-order valence-electron chi connectivity index (χ1n) is 5.27. The molecule has 2 nitrogen and oxygen atoms in total. The smallest absolute Gasteiger partial charge is 0.259 e. The van der Waals surface area contributed by atoms with Crippen LogP contribution in [0.1, 0.15) is 23.7 Å². The molecule has 5 heteroatoms. The summed E-state index contributed by atoms with van der Waals surface area (Å²) >= 11 is 3.35. The minimum Gasteiger partial charge on any atom is -0.341 e. The highest BCUT2D eigenvalue weighted by Crippen LogP contribution is 2.15. The van der Waals surface area contributed by atoms with E-state index in [9.17, 15) is 13.6 Å². The second-order valence-corrected chi connectivity index (χ2v) is 5.46. The molecule has 0 spiro atoms. The number of alkyl halides is 1. The zero-order chi connectivity index (χ0) is 13.0. The predicted molar refractivity (Wildman–Crippen MR) is 66.3 cm³/mol. The number of amides is 1.